The highest BCUT2D eigenvalue weighted by Crippen LogP contribution is 2.31. The fraction of sp³-hybridized carbons (Fsp3) is 0.538. The van der Waals surface area contributed by atoms with Crippen LogP contribution in [0.25, 0.3) is 0 Å². The van der Waals surface area contributed by atoms with Gasteiger partial charge in [-0.25, -0.2) is 8.42 Å². The van der Waals surface area contributed by atoms with E-state index in [2.05, 4.69) is 5.32 Å². The number of nitrogens with one attached hydrogen (secondary N) is 1. The quantitative estimate of drug-likeness (QED) is 0.630. The zero-order chi connectivity index (χ0) is 16.3. The van der Waals surface area contributed by atoms with Crippen LogP contribution in [-0.2, 0) is 10.0 Å². The number of sulfonamides is 1. The Morgan fingerprint density at radius 3 is 2.77 bits per heavy atom. The Bertz CT molecular complexity index is 659. The standard InChI is InChI=1S/C13H18FN3O4S/c1-2-8-16(10-6-7-15-9-10)22(20,21)12-5-3-4-11(14)13(12)17(18)19/h3-5,10,15H,2,6-9H2,1H3. The molecule has 122 valence electrons. The number of hydrogen-bond acceptors (Lipinski definition) is 5. The predicted molar refractivity (Wildman–Crippen MR) is 78.5 cm³/mol. The maximum absolute atomic E-state index is 13.7. The Morgan fingerprint density at radius 1 is 1.50 bits per heavy atom. The van der Waals surface area contributed by atoms with Gasteiger partial charge >= 0.3 is 5.69 Å². The molecule has 1 aliphatic heterocycles. The van der Waals surface area contributed by atoms with E-state index in [1.807, 2.05) is 6.92 Å². The molecule has 22 heavy (non-hydrogen) atoms. The van der Waals surface area contributed by atoms with Gasteiger partial charge in [-0.15, -0.1) is 0 Å². The van der Waals surface area contributed by atoms with Gasteiger partial charge in [0.25, 0.3) is 0 Å². The number of nitro groups is 1. The van der Waals surface area contributed by atoms with Gasteiger partial charge in [-0.2, -0.15) is 8.70 Å². The predicted octanol–water partition coefficient (Wildman–Crippen LogP) is 1.50. The number of nitrogens with zero attached hydrogens (tertiary/aromatic N) is 2. The Hall–Kier alpha value is -1.58. The van der Waals surface area contributed by atoms with Crippen LogP contribution in [0.4, 0.5) is 10.1 Å². The molecule has 2 rings (SSSR count). The second-order valence-electron chi connectivity index (χ2n) is 5.11. The van der Waals surface area contributed by atoms with Crippen molar-refractivity contribution in [2.45, 2.75) is 30.7 Å². The molecule has 1 aliphatic rings. The third-order valence-corrected chi connectivity index (χ3v) is 5.59. The fourth-order valence-corrected chi connectivity index (χ4v) is 4.53. The Labute approximate surface area is 128 Å². The van der Waals surface area contributed by atoms with Gasteiger partial charge in [0, 0.05) is 19.1 Å². The number of benzene rings is 1. The second-order valence-corrected chi connectivity index (χ2v) is 6.97. The van der Waals surface area contributed by atoms with E-state index in [0.717, 1.165) is 12.1 Å². The summed E-state index contributed by atoms with van der Waals surface area (Å²) < 4.78 is 40.6. The third kappa shape index (κ3) is 3.11. The molecule has 7 nitrogen and oxygen atoms in total. The average Bonchev–Trinajstić information content (AvgIpc) is 2.97. The summed E-state index contributed by atoms with van der Waals surface area (Å²) in [6, 6.07) is 2.87. The number of halogens is 1. The van der Waals surface area contributed by atoms with E-state index in [0.29, 0.717) is 25.9 Å². The van der Waals surface area contributed by atoms with E-state index in [1.54, 1.807) is 0 Å². The largest absolute Gasteiger partial charge is 0.324 e. The topological polar surface area (TPSA) is 92.6 Å². The maximum Gasteiger partial charge on any atom is 0.324 e. The molecule has 0 bridgehead atoms. The van der Waals surface area contributed by atoms with Gasteiger partial charge in [-0.1, -0.05) is 13.0 Å². The molecule has 1 aromatic carbocycles. The molecule has 0 aromatic heterocycles. The lowest BCUT2D eigenvalue weighted by Crippen LogP contribution is -2.42. The molecule has 1 unspecified atom stereocenters. The van der Waals surface area contributed by atoms with Crippen molar-refractivity contribution >= 4 is 15.7 Å². The number of hydrogen-bond donors (Lipinski definition) is 1. The highest BCUT2D eigenvalue weighted by Gasteiger charge is 2.38. The van der Waals surface area contributed by atoms with E-state index < -0.39 is 31.3 Å². The fourth-order valence-electron chi connectivity index (χ4n) is 2.61. The van der Waals surface area contributed by atoms with Crippen molar-refractivity contribution in [1.82, 2.24) is 9.62 Å². The smallest absolute Gasteiger partial charge is 0.315 e. The number of para-hydroxylation sites is 1. The van der Waals surface area contributed by atoms with Crippen LogP contribution in [0.15, 0.2) is 23.1 Å². The SMILES string of the molecule is CCCN(C1CCNC1)S(=O)(=O)c1cccc(F)c1[N+](=O)[O-]. The van der Waals surface area contributed by atoms with Crippen molar-refractivity contribution < 1.29 is 17.7 Å². The van der Waals surface area contributed by atoms with Gasteiger partial charge < -0.3 is 5.32 Å². The molecule has 1 N–H and O–H groups in total. The van der Waals surface area contributed by atoms with Crippen LogP contribution in [0.5, 0.6) is 0 Å². The van der Waals surface area contributed by atoms with Crippen molar-refractivity contribution in [1.29, 1.82) is 0 Å². The van der Waals surface area contributed by atoms with Crippen molar-refractivity contribution in [3.63, 3.8) is 0 Å². The zero-order valence-corrected chi connectivity index (χ0v) is 13.0. The Morgan fingerprint density at radius 2 is 2.23 bits per heavy atom. The normalized spacial score (nSPS) is 18.8. The summed E-state index contributed by atoms with van der Waals surface area (Å²) in [6.45, 7) is 3.24. The number of nitro benzene ring substituents is 1. The lowest BCUT2D eigenvalue weighted by atomic mass is 10.2. The molecule has 0 saturated carbocycles. The molecule has 0 spiro atoms. The van der Waals surface area contributed by atoms with Crippen molar-refractivity contribution in [3.05, 3.63) is 34.1 Å². The first-order valence-corrected chi connectivity index (χ1v) is 8.49. The lowest BCUT2D eigenvalue weighted by molar-refractivity contribution is -0.390. The molecule has 0 aliphatic carbocycles. The van der Waals surface area contributed by atoms with Crippen LogP contribution in [0.3, 0.4) is 0 Å². The molecule has 1 aromatic rings. The minimum Gasteiger partial charge on any atom is -0.315 e. The monoisotopic (exact) mass is 331 g/mol. The van der Waals surface area contributed by atoms with Gasteiger partial charge in [-0.05, 0) is 31.5 Å². The highest BCUT2D eigenvalue weighted by atomic mass is 32.2. The first-order valence-electron chi connectivity index (χ1n) is 7.05. The summed E-state index contributed by atoms with van der Waals surface area (Å²) in [5.74, 6) is -1.15. The first kappa shape index (κ1) is 16.8. The average molecular weight is 331 g/mol. The summed E-state index contributed by atoms with van der Waals surface area (Å²) in [6.07, 6.45) is 1.20. The zero-order valence-electron chi connectivity index (χ0n) is 12.2. The summed E-state index contributed by atoms with van der Waals surface area (Å²) >= 11 is 0. The first-order chi connectivity index (χ1) is 10.4. The van der Waals surface area contributed by atoms with Gasteiger partial charge in [0.2, 0.25) is 15.8 Å². The summed E-state index contributed by atoms with van der Waals surface area (Å²) in [5.41, 5.74) is -0.991. The maximum atomic E-state index is 13.7. The third-order valence-electron chi connectivity index (χ3n) is 3.60. The van der Waals surface area contributed by atoms with E-state index in [4.69, 9.17) is 0 Å². The molecule has 0 amide bonds. The molecule has 0 radical (unpaired) electrons. The van der Waals surface area contributed by atoms with E-state index in [1.165, 1.54) is 10.4 Å². The van der Waals surface area contributed by atoms with Gasteiger partial charge in [0.1, 0.15) is 0 Å². The second kappa shape index (κ2) is 6.67. The summed E-state index contributed by atoms with van der Waals surface area (Å²) in [5, 5.41) is 14.1. The molecular formula is C13H18FN3O4S. The molecule has 1 fully saturated rings. The van der Waals surface area contributed by atoms with Gasteiger partial charge in [-0.3, -0.25) is 10.1 Å². The van der Waals surface area contributed by atoms with E-state index in [9.17, 15) is 22.9 Å². The molecule has 9 heteroatoms. The minimum atomic E-state index is -4.13. The van der Waals surface area contributed by atoms with E-state index >= 15 is 0 Å². The van der Waals surface area contributed by atoms with E-state index in [-0.39, 0.29) is 12.6 Å². The van der Waals surface area contributed by atoms with Crippen LogP contribution in [-0.4, -0.2) is 43.3 Å². The molecule has 1 saturated heterocycles. The lowest BCUT2D eigenvalue weighted by Gasteiger charge is -2.27. The molecule has 1 atom stereocenters. The van der Waals surface area contributed by atoms with Crippen LogP contribution in [0.2, 0.25) is 0 Å². The van der Waals surface area contributed by atoms with Crippen LogP contribution in [0.1, 0.15) is 19.8 Å². The summed E-state index contributed by atoms with van der Waals surface area (Å²) in [4.78, 5) is 9.49. The van der Waals surface area contributed by atoms with Crippen molar-refractivity contribution in [2.75, 3.05) is 19.6 Å². The van der Waals surface area contributed by atoms with Crippen LogP contribution in [0, 0.1) is 15.9 Å². The van der Waals surface area contributed by atoms with Crippen LogP contribution >= 0.6 is 0 Å². The van der Waals surface area contributed by atoms with Gasteiger partial charge in [0.05, 0.1) is 4.92 Å². The van der Waals surface area contributed by atoms with Crippen molar-refractivity contribution in [2.24, 2.45) is 0 Å². The summed E-state index contributed by atoms with van der Waals surface area (Å²) in [7, 11) is -4.13. The molecular weight excluding hydrogens is 313 g/mol. The van der Waals surface area contributed by atoms with Gasteiger partial charge in [0.15, 0.2) is 4.90 Å². The number of rotatable bonds is 6. The minimum absolute atomic E-state index is 0.238. The molecule has 1 heterocycles. The highest BCUT2D eigenvalue weighted by molar-refractivity contribution is 7.89. The van der Waals surface area contributed by atoms with Crippen molar-refractivity contribution in [3.8, 4) is 0 Å². The Kier molecular flexibility index (Phi) is 5.09. The van der Waals surface area contributed by atoms with Crippen LogP contribution < -0.4 is 5.32 Å². The Balaban J connectivity index is 2.52.